The molecular formula is C40H25N5O. The summed E-state index contributed by atoms with van der Waals surface area (Å²) in [6.07, 6.45) is 5.44. The first-order valence-corrected chi connectivity index (χ1v) is 15.2. The van der Waals surface area contributed by atoms with E-state index in [0.29, 0.717) is 12.4 Å². The number of ether oxygens (including phenoxy) is 1. The molecule has 6 heteroatoms. The van der Waals surface area contributed by atoms with Gasteiger partial charge in [-0.05, 0) is 42.0 Å². The van der Waals surface area contributed by atoms with Gasteiger partial charge in [-0.25, -0.2) is 9.97 Å². The molecule has 0 aliphatic rings. The summed E-state index contributed by atoms with van der Waals surface area (Å²) in [5, 5.41) is 5.11. The molecule has 5 heterocycles. The standard InChI is InChI=1S/C40H25N5O/c1-2-7-25(8-3-1)24-46-40-32(34-19-17-29-15-13-27-10-5-21-42-36(27)38(29)45-34)23-31(30-11-6-22-43-39(30)40)33-18-16-28-14-12-26-9-4-20-41-35(26)37(28)44-33/h1-23H,24H2. The van der Waals surface area contributed by atoms with Crippen LogP contribution < -0.4 is 4.74 Å². The Morgan fingerprint density at radius 3 is 1.59 bits per heavy atom. The van der Waals surface area contributed by atoms with Crippen molar-refractivity contribution in [1.29, 1.82) is 0 Å². The van der Waals surface area contributed by atoms with Gasteiger partial charge in [-0.2, -0.15) is 0 Å². The average molecular weight is 592 g/mol. The lowest BCUT2D eigenvalue weighted by Crippen LogP contribution is -2.01. The van der Waals surface area contributed by atoms with E-state index in [1.165, 1.54) is 0 Å². The molecule has 0 spiro atoms. The van der Waals surface area contributed by atoms with E-state index in [2.05, 4.69) is 88.8 Å². The highest BCUT2D eigenvalue weighted by atomic mass is 16.5. The summed E-state index contributed by atoms with van der Waals surface area (Å²) >= 11 is 0. The lowest BCUT2D eigenvalue weighted by molar-refractivity contribution is 0.310. The second kappa shape index (κ2) is 10.7. The molecule has 0 N–H and O–H groups in total. The van der Waals surface area contributed by atoms with Gasteiger partial charge in [-0.1, -0.05) is 84.9 Å². The number of rotatable bonds is 5. The molecule has 46 heavy (non-hydrogen) atoms. The van der Waals surface area contributed by atoms with Crippen molar-refractivity contribution in [2.24, 2.45) is 0 Å². The van der Waals surface area contributed by atoms with Crippen LogP contribution in [0.2, 0.25) is 0 Å². The van der Waals surface area contributed by atoms with E-state index in [9.17, 15) is 0 Å². The minimum absolute atomic E-state index is 0.392. The van der Waals surface area contributed by atoms with E-state index in [1.54, 1.807) is 0 Å². The Bertz CT molecular complexity index is 2600. The van der Waals surface area contributed by atoms with Crippen LogP contribution in [0.25, 0.3) is 77.0 Å². The molecule has 6 nitrogen and oxygen atoms in total. The first-order chi connectivity index (χ1) is 22.8. The minimum Gasteiger partial charge on any atom is -0.486 e. The maximum absolute atomic E-state index is 6.66. The van der Waals surface area contributed by atoms with Crippen molar-refractivity contribution in [2.75, 3.05) is 0 Å². The van der Waals surface area contributed by atoms with Crippen molar-refractivity contribution < 1.29 is 4.74 Å². The summed E-state index contributed by atoms with van der Waals surface area (Å²) in [5.41, 5.74) is 8.64. The number of fused-ring (bicyclic) bond motifs is 7. The largest absolute Gasteiger partial charge is 0.486 e. The molecule has 0 saturated carbocycles. The quantitative estimate of drug-likeness (QED) is 0.186. The number of nitrogens with zero attached hydrogens (tertiary/aromatic N) is 5. The van der Waals surface area contributed by atoms with Gasteiger partial charge in [0.1, 0.15) is 12.1 Å². The molecule has 4 aromatic carbocycles. The fourth-order valence-electron chi connectivity index (χ4n) is 6.24. The highest BCUT2D eigenvalue weighted by Crippen LogP contribution is 2.42. The van der Waals surface area contributed by atoms with Crippen molar-refractivity contribution in [2.45, 2.75) is 6.61 Å². The highest BCUT2D eigenvalue weighted by molar-refractivity contribution is 6.07. The molecule has 0 fully saturated rings. The topological polar surface area (TPSA) is 73.7 Å². The molecule has 9 rings (SSSR count). The van der Waals surface area contributed by atoms with Crippen molar-refractivity contribution in [3.63, 3.8) is 0 Å². The fraction of sp³-hybridized carbons (Fsp3) is 0.0250. The van der Waals surface area contributed by atoms with E-state index in [-0.39, 0.29) is 0 Å². The molecule has 0 saturated heterocycles. The Hall–Kier alpha value is -6.27. The molecule has 0 aliphatic carbocycles. The van der Waals surface area contributed by atoms with Crippen molar-refractivity contribution >= 4 is 54.5 Å². The Morgan fingerprint density at radius 1 is 0.435 bits per heavy atom. The second-order valence-electron chi connectivity index (χ2n) is 11.3. The van der Waals surface area contributed by atoms with Gasteiger partial charge >= 0.3 is 0 Å². The smallest absolute Gasteiger partial charge is 0.155 e. The Labute approximate surface area is 264 Å². The first-order valence-electron chi connectivity index (χ1n) is 15.2. The number of benzene rings is 4. The van der Waals surface area contributed by atoms with E-state index in [4.69, 9.17) is 19.7 Å². The van der Waals surface area contributed by atoms with Crippen molar-refractivity contribution in [1.82, 2.24) is 24.9 Å². The minimum atomic E-state index is 0.392. The van der Waals surface area contributed by atoms with Crippen LogP contribution in [0.4, 0.5) is 0 Å². The van der Waals surface area contributed by atoms with Gasteiger partial charge < -0.3 is 4.74 Å². The summed E-state index contributed by atoms with van der Waals surface area (Å²) in [7, 11) is 0. The van der Waals surface area contributed by atoms with Gasteiger partial charge in [0.05, 0.1) is 33.5 Å². The first kappa shape index (κ1) is 26.2. The summed E-state index contributed by atoms with van der Waals surface area (Å²) in [4.78, 5) is 24.7. The normalized spacial score (nSPS) is 11.6. The third-order valence-corrected chi connectivity index (χ3v) is 8.49. The summed E-state index contributed by atoms with van der Waals surface area (Å²) in [6.45, 7) is 0.392. The molecule has 0 atom stereocenters. The van der Waals surface area contributed by atoms with Crippen LogP contribution in [-0.4, -0.2) is 24.9 Å². The molecule has 0 aliphatic heterocycles. The number of pyridine rings is 5. The van der Waals surface area contributed by atoms with Gasteiger partial charge in [0.2, 0.25) is 0 Å². The van der Waals surface area contributed by atoms with Crippen LogP contribution >= 0.6 is 0 Å². The second-order valence-corrected chi connectivity index (χ2v) is 11.3. The van der Waals surface area contributed by atoms with Crippen LogP contribution in [0.1, 0.15) is 5.56 Å². The maximum atomic E-state index is 6.66. The third kappa shape index (κ3) is 4.39. The molecule has 5 aromatic heterocycles. The van der Waals surface area contributed by atoms with Crippen molar-refractivity contribution in [3.05, 3.63) is 145 Å². The van der Waals surface area contributed by atoms with Crippen LogP contribution in [0, 0.1) is 0 Å². The zero-order valence-corrected chi connectivity index (χ0v) is 24.6. The SMILES string of the molecule is c1ccc(COc2c(-c3ccc4ccc5cccnc5c4n3)cc(-c3ccc4ccc5cccnc5c4n3)c3cccnc23)cc1. The number of hydrogen-bond acceptors (Lipinski definition) is 6. The zero-order chi connectivity index (χ0) is 30.5. The van der Waals surface area contributed by atoms with Gasteiger partial charge in [0.15, 0.2) is 5.75 Å². The lowest BCUT2D eigenvalue weighted by atomic mass is 9.97. The van der Waals surface area contributed by atoms with Gasteiger partial charge in [0, 0.05) is 56.6 Å². The summed E-state index contributed by atoms with van der Waals surface area (Å²) < 4.78 is 6.66. The number of hydrogen-bond donors (Lipinski definition) is 0. The molecule has 0 radical (unpaired) electrons. The maximum Gasteiger partial charge on any atom is 0.155 e. The Kier molecular flexibility index (Phi) is 6.09. The van der Waals surface area contributed by atoms with Gasteiger partial charge in [0.25, 0.3) is 0 Å². The van der Waals surface area contributed by atoms with Crippen LogP contribution in [-0.2, 0) is 6.61 Å². The highest BCUT2D eigenvalue weighted by Gasteiger charge is 2.20. The summed E-state index contributed by atoms with van der Waals surface area (Å²) in [6, 6.07) is 41.1. The fourth-order valence-corrected chi connectivity index (χ4v) is 6.24. The molecule has 0 bridgehead atoms. The van der Waals surface area contributed by atoms with E-state index in [0.717, 1.165) is 82.6 Å². The van der Waals surface area contributed by atoms with Crippen LogP contribution in [0.15, 0.2) is 140 Å². The van der Waals surface area contributed by atoms with Crippen molar-refractivity contribution in [3.8, 4) is 28.3 Å². The van der Waals surface area contributed by atoms with Crippen LogP contribution in [0.3, 0.4) is 0 Å². The van der Waals surface area contributed by atoms with E-state index < -0.39 is 0 Å². The third-order valence-electron chi connectivity index (χ3n) is 8.49. The average Bonchev–Trinajstić information content (AvgIpc) is 3.13. The van der Waals surface area contributed by atoms with E-state index >= 15 is 0 Å². The molecule has 9 aromatic rings. The number of aromatic nitrogens is 5. The molecular weight excluding hydrogens is 566 g/mol. The zero-order valence-electron chi connectivity index (χ0n) is 24.6. The van der Waals surface area contributed by atoms with Gasteiger partial charge in [-0.3, -0.25) is 15.0 Å². The molecule has 0 amide bonds. The molecule has 216 valence electrons. The monoisotopic (exact) mass is 591 g/mol. The predicted molar refractivity (Wildman–Crippen MR) is 185 cm³/mol. The van der Waals surface area contributed by atoms with Gasteiger partial charge in [-0.15, -0.1) is 0 Å². The van der Waals surface area contributed by atoms with E-state index in [1.807, 2.05) is 61.1 Å². The Morgan fingerprint density at radius 2 is 0.957 bits per heavy atom. The lowest BCUT2D eigenvalue weighted by Gasteiger charge is -2.17. The molecule has 0 unspecified atom stereocenters. The van der Waals surface area contributed by atoms with Crippen LogP contribution in [0.5, 0.6) is 5.75 Å². The summed E-state index contributed by atoms with van der Waals surface area (Å²) in [5.74, 6) is 0.677. The Balaban J connectivity index is 1.31. The predicted octanol–water partition coefficient (Wildman–Crippen LogP) is 9.34.